The van der Waals surface area contributed by atoms with Gasteiger partial charge in [-0.1, -0.05) is 109 Å². The van der Waals surface area contributed by atoms with Crippen molar-refractivity contribution in [2.75, 3.05) is 28.4 Å². The highest BCUT2D eigenvalue weighted by Gasteiger charge is 2.28. The van der Waals surface area contributed by atoms with Crippen LogP contribution in [0.1, 0.15) is 142 Å². The molecule has 5 aromatic carbocycles. The lowest BCUT2D eigenvalue weighted by Crippen LogP contribution is -2.04. The highest BCUT2D eigenvalue weighted by Crippen LogP contribution is 2.34. The van der Waals surface area contributed by atoms with Crippen molar-refractivity contribution < 1.29 is 80.3 Å². The van der Waals surface area contributed by atoms with E-state index in [-0.39, 0.29) is 80.5 Å². The lowest BCUT2D eigenvalue weighted by atomic mass is 10.1. The minimum Gasteiger partial charge on any atom is -0.464 e. The summed E-state index contributed by atoms with van der Waals surface area (Å²) in [5.41, 5.74) is 10.3. The monoisotopic (exact) mass is 1790 g/mol. The van der Waals surface area contributed by atoms with Gasteiger partial charge < -0.3 is 57.2 Å². The first-order chi connectivity index (χ1) is 61.3. The van der Waals surface area contributed by atoms with E-state index in [1.807, 2.05) is 128 Å². The average molecular weight is 1790 g/mol. The SMILES string of the molecule is CCC(=O)c1cnc(-c2csc(C(=O)c3c[nH]c4ccccc34)n2)s1.COC(=O)c1cccc(-c2csc(C(=O)c3c[nH]c4ccccc34)n2)n1.COC(=O)c1cnc(-c2csc(C(=O)c3c[nH]c4ccccc34)n2)o1.COC(=O)c1nc(-c2csc(C(=O)c3c[nH]c4ccccc34)n2)no1.COC(=O)c1nnc(-c2csc(C(=O)c3c[nH]c4ccccc34)n2)o1. The number of para-hydroxylation sites is 5. The first-order valence-corrected chi connectivity index (χ1v) is 42.3. The van der Waals surface area contributed by atoms with Gasteiger partial charge in [-0.2, -0.15) is 4.98 Å². The Hall–Kier alpha value is -15.9. The van der Waals surface area contributed by atoms with Gasteiger partial charge in [0.15, 0.2) is 30.8 Å². The number of H-pyrrole nitrogens is 5. The van der Waals surface area contributed by atoms with Crippen LogP contribution in [-0.4, -0.2) is 172 Å². The molecule has 0 radical (unpaired) electrons. The maximum Gasteiger partial charge on any atom is 0.397 e. The Morgan fingerprint density at radius 1 is 0.357 bits per heavy atom. The van der Waals surface area contributed by atoms with Crippen molar-refractivity contribution >= 4 is 181 Å². The number of pyridine rings is 1. The number of hydrogen-bond donors (Lipinski definition) is 5. The standard InChI is InChI=1S/C19H13N3O3S.C18H13N3O2S2.C17H11N3O4S.2C16H10N4O4S/c1-25-19(24)15-8-4-7-14(21-15)16-10-26-18(22-16)17(23)12-9-20-13-6-3-2-5-11(12)13;1-2-14(22)15-8-20-17(25-15)13-9-24-18(21-13)16(23)11-7-19-12-6-4-3-5-10(11)12;1-23-17(22)13-7-19-15(24-13)12-8-25-16(20-12)14(21)10-6-18-11-5-3-2-4-9(10)11;1-23-16(22)14-20-19-13(24-14)11-7-25-15(18-11)12(21)9-6-17-10-5-3-2-4-8(9)10;1-23-16(22)14-19-13(20-24-14)11-7-25-15(18-11)12(21)9-6-17-10-5-3-2-4-8(9)10/h2-10,20H,1H3;3-9,19H,2H2,1H3;2-8,18H,1H3;2*2-7,17H,1H3. The van der Waals surface area contributed by atoms with E-state index in [0.29, 0.717) is 98.3 Å². The molecule has 0 amide bonds. The molecule has 0 saturated carbocycles. The third kappa shape index (κ3) is 17.7. The molecule has 0 atom stereocenters. The number of aromatic amines is 5. The number of aromatic nitrogens is 17. The second-order valence-electron chi connectivity index (χ2n) is 26.1. The molecular weight excluding hydrogens is 1740 g/mol. The van der Waals surface area contributed by atoms with Crippen molar-refractivity contribution in [3.63, 3.8) is 0 Å². The van der Waals surface area contributed by atoms with Gasteiger partial charge in [-0.3, -0.25) is 28.8 Å². The summed E-state index contributed by atoms with van der Waals surface area (Å²) >= 11 is 7.37. The molecular formula is C86H57N17O17S6. The molecule has 20 aromatic rings. The zero-order chi connectivity index (χ0) is 87.6. The van der Waals surface area contributed by atoms with Gasteiger partial charge in [0.2, 0.25) is 46.4 Å². The number of ketones is 6. The van der Waals surface area contributed by atoms with Gasteiger partial charge >= 0.3 is 35.7 Å². The number of rotatable bonds is 21. The van der Waals surface area contributed by atoms with Crippen LogP contribution in [0, 0.1) is 0 Å². The summed E-state index contributed by atoms with van der Waals surface area (Å²) < 4.78 is 33.6. The van der Waals surface area contributed by atoms with Crippen molar-refractivity contribution in [1.29, 1.82) is 0 Å². The molecule has 0 aliphatic rings. The van der Waals surface area contributed by atoms with Gasteiger partial charge in [0, 0.05) is 125 Å². The van der Waals surface area contributed by atoms with Gasteiger partial charge in [-0.05, 0) is 42.5 Å². The summed E-state index contributed by atoms with van der Waals surface area (Å²) in [7, 11) is 4.99. The predicted molar refractivity (Wildman–Crippen MR) is 466 cm³/mol. The van der Waals surface area contributed by atoms with E-state index in [0.717, 1.165) is 65.9 Å². The minimum absolute atomic E-state index is 0.0185. The molecule has 5 N–H and O–H groups in total. The fourth-order valence-corrected chi connectivity index (χ4v) is 17.1. The Balaban J connectivity index is 0.000000116. The summed E-state index contributed by atoms with van der Waals surface area (Å²) in [5, 5.41) is 26.1. The Morgan fingerprint density at radius 2 is 0.746 bits per heavy atom. The number of carbonyl (C=O) groups excluding carboxylic acids is 10. The first-order valence-electron chi connectivity index (χ1n) is 37.1. The number of thiazole rings is 6. The smallest absolute Gasteiger partial charge is 0.397 e. The molecule has 0 bridgehead atoms. The second kappa shape index (κ2) is 37.2. The van der Waals surface area contributed by atoms with E-state index in [2.05, 4.69) is 104 Å². The van der Waals surface area contributed by atoms with Crippen LogP contribution >= 0.6 is 68.0 Å². The molecule has 0 aliphatic heterocycles. The van der Waals surface area contributed by atoms with E-state index in [1.54, 1.807) is 82.3 Å². The summed E-state index contributed by atoms with van der Waals surface area (Å²) in [6, 6.07) is 42.9. The van der Waals surface area contributed by atoms with Crippen LogP contribution in [0.2, 0.25) is 0 Å². The summed E-state index contributed by atoms with van der Waals surface area (Å²) in [6.07, 6.45) is 11.7. The van der Waals surface area contributed by atoms with Gasteiger partial charge in [0.05, 0.1) is 73.0 Å². The fraction of sp³-hybridized carbons (Fsp3) is 0.0698. The van der Waals surface area contributed by atoms with E-state index in [9.17, 15) is 47.9 Å². The molecule has 0 saturated heterocycles. The number of ether oxygens (including phenoxy) is 4. The molecule has 0 spiro atoms. The molecule has 20 rings (SSSR count). The maximum absolute atomic E-state index is 12.8. The van der Waals surface area contributed by atoms with Gasteiger partial charge in [-0.15, -0.1) is 78.2 Å². The summed E-state index contributed by atoms with van der Waals surface area (Å²) in [4.78, 5) is 175. The molecule has 126 heavy (non-hydrogen) atoms. The molecule has 34 nitrogen and oxygen atoms in total. The lowest BCUT2D eigenvalue weighted by molar-refractivity contribution is 0.0540. The largest absolute Gasteiger partial charge is 0.464 e. The van der Waals surface area contributed by atoms with E-state index in [4.69, 9.17) is 13.4 Å². The highest BCUT2D eigenvalue weighted by molar-refractivity contribution is 7.17. The van der Waals surface area contributed by atoms with Crippen LogP contribution in [0.25, 0.3) is 111 Å². The van der Waals surface area contributed by atoms with Crippen LogP contribution in [0.5, 0.6) is 0 Å². The van der Waals surface area contributed by atoms with E-state index in [1.165, 1.54) is 91.3 Å². The Morgan fingerprint density at radius 3 is 1.19 bits per heavy atom. The number of fused-ring (bicyclic) bond motifs is 5. The van der Waals surface area contributed by atoms with Crippen LogP contribution in [-0.2, 0) is 18.9 Å². The quantitative estimate of drug-likeness (QED) is 0.0253. The van der Waals surface area contributed by atoms with Gasteiger partial charge in [0.25, 0.3) is 5.89 Å². The molecule has 15 aromatic heterocycles. The van der Waals surface area contributed by atoms with Gasteiger partial charge in [0.1, 0.15) is 39.2 Å². The van der Waals surface area contributed by atoms with E-state index < -0.39 is 23.9 Å². The number of nitrogens with zero attached hydrogens (tertiary/aromatic N) is 12. The van der Waals surface area contributed by atoms with Crippen molar-refractivity contribution in [2.45, 2.75) is 13.3 Å². The zero-order valence-electron chi connectivity index (χ0n) is 65.7. The molecule has 0 unspecified atom stereocenters. The predicted octanol–water partition coefficient (Wildman–Crippen LogP) is 17.0. The van der Waals surface area contributed by atoms with Crippen molar-refractivity contribution in [2.24, 2.45) is 0 Å². The van der Waals surface area contributed by atoms with Crippen molar-refractivity contribution in [1.82, 2.24) is 85.1 Å². The Bertz CT molecular complexity index is 6840. The molecule has 0 fully saturated rings. The van der Waals surface area contributed by atoms with Crippen molar-refractivity contribution in [3.8, 4) is 56.8 Å². The Kier molecular flexibility index (Phi) is 24.7. The Labute approximate surface area is 730 Å². The lowest BCUT2D eigenvalue weighted by Gasteiger charge is -2.00. The average Bonchev–Trinajstić information content (AvgIpc) is 1.66. The normalized spacial score (nSPS) is 10.9. The number of carbonyl (C=O) groups is 10. The number of methoxy groups -OCH3 is 4. The third-order valence-corrected chi connectivity index (χ3v) is 23.8. The second-order valence-corrected chi connectivity index (χ2v) is 31.4. The number of oxazole rings is 1. The first kappa shape index (κ1) is 83.8. The highest BCUT2D eigenvalue weighted by atomic mass is 32.1. The number of Topliss-reactive ketones (excluding diaryl/α,β-unsaturated/α-hetero) is 1. The van der Waals surface area contributed by atoms with Crippen LogP contribution in [0.3, 0.4) is 0 Å². The summed E-state index contributed by atoms with van der Waals surface area (Å²) in [6.45, 7) is 1.82. The van der Waals surface area contributed by atoms with Crippen LogP contribution in [0.15, 0.2) is 223 Å². The summed E-state index contributed by atoms with van der Waals surface area (Å²) in [5.74, 6) is -3.62. The number of nitrogens with one attached hydrogen (secondary N) is 5. The molecule has 40 heteroatoms. The number of benzene rings is 5. The topological polar surface area (TPSA) is 481 Å². The fourth-order valence-electron chi connectivity index (χ4n) is 12.4. The van der Waals surface area contributed by atoms with E-state index >= 15 is 0 Å². The molecule has 15 heterocycles. The van der Waals surface area contributed by atoms with Crippen LogP contribution < -0.4 is 0 Å². The molecule has 624 valence electrons. The maximum atomic E-state index is 12.8. The molecule has 0 aliphatic carbocycles. The number of hydrogen-bond acceptors (Lipinski definition) is 35. The van der Waals surface area contributed by atoms with Crippen molar-refractivity contribution in [3.05, 3.63) is 291 Å². The number of esters is 4. The van der Waals surface area contributed by atoms with Gasteiger partial charge in [-0.25, -0.2) is 59.0 Å². The van der Waals surface area contributed by atoms with Crippen LogP contribution in [0.4, 0.5) is 0 Å². The third-order valence-electron chi connectivity index (χ3n) is 18.5. The minimum atomic E-state index is -0.732. The zero-order valence-corrected chi connectivity index (χ0v) is 70.6.